The van der Waals surface area contributed by atoms with Crippen molar-refractivity contribution in [2.45, 2.75) is 13.3 Å². The van der Waals surface area contributed by atoms with Crippen LogP contribution in [0.25, 0.3) is 0 Å². The van der Waals surface area contributed by atoms with Crippen LogP contribution >= 0.6 is 0 Å². The lowest BCUT2D eigenvalue weighted by Crippen LogP contribution is -2.32. The number of rotatable bonds is 6. The number of amides is 3. The molecule has 6 heteroatoms. The van der Waals surface area contributed by atoms with Gasteiger partial charge in [-0.25, -0.2) is 0 Å². The Balaban J connectivity index is 1.41. The second-order valence-electron chi connectivity index (χ2n) is 7.02. The molecule has 0 spiro atoms. The molecule has 0 bridgehead atoms. The van der Waals surface area contributed by atoms with Crippen molar-refractivity contribution in [3.8, 4) is 11.5 Å². The third kappa shape index (κ3) is 3.93. The molecule has 0 radical (unpaired) electrons. The Labute approximate surface area is 174 Å². The van der Waals surface area contributed by atoms with Crippen LogP contribution in [0.1, 0.15) is 32.7 Å². The van der Waals surface area contributed by atoms with Crippen molar-refractivity contribution in [1.29, 1.82) is 0 Å². The van der Waals surface area contributed by atoms with Crippen LogP contribution in [0.5, 0.6) is 11.5 Å². The van der Waals surface area contributed by atoms with E-state index in [0.29, 0.717) is 28.3 Å². The largest absolute Gasteiger partial charge is 0.455 e. The molecule has 4 rings (SSSR count). The second-order valence-corrected chi connectivity index (χ2v) is 7.02. The summed E-state index contributed by atoms with van der Waals surface area (Å²) in [6, 6.07) is 21.4. The Hall–Kier alpha value is -3.93. The molecule has 0 aliphatic carbocycles. The van der Waals surface area contributed by atoms with E-state index in [1.807, 2.05) is 37.3 Å². The highest BCUT2D eigenvalue weighted by atomic mass is 16.5. The molecular weight excluding hydrogens is 380 g/mol. The molecule has 0 saturated carbocycles. The second kappa shape index (κ2) is 8.21. The molecule has 30 heavy (non-hydrogen) atoms. The zero-order chi connectivity index (χ0) is 21.1. The molecular formula is C24H20N2O4. The number of aryl methyl sites for hydroxylation is 1. The number of imide groups is 1. The van der Waals surface area contributed by atoms with Crippen molar-refractivity contribution in [1.82, 2.24) is 4.90 Å². The summed E-state index contributed by atoms with van der Waals surface area (Å²) >= 11 is 0. The van der Waals surface area contributed by atoms with E-state index in [-0.39, 0.29) is 30.7 Å². The van der Waals surface area contributed by atoms with Crippen molar-refractivity contribution < 1.29 is 19.1 Å². The normalized spacial score (nSPS) is 12.6. The first-order chi connectivity index (χ1) is 14.5. The van der Waals surface area contributed by atoms with Crippen molar-refractivity contribution in [3.05, 3.63) is 89.5 Å². The van der Waals surface area contributed by atoms with E-state index in [4.69, 9.17) is 4.74 Å². The molecule has 3 aromatic rings. The SMILES string of the molecule is Cc1cccc(Oc2ccccc2NC(=O)CCN2C(=O)c3ccccc3C2=O)c1. The summed E-state index contributed by atoms with van der Waals surface area (Å²) in [6.07, 6.45) is -0.00967. The molecule has 150 valence electrons. The molecule has 3 aromatic carbocycles. The van der Waals surface area contributed by atoms with Crippen LogP contribution < -0.4 is 10.1 Å². The van der Waals surface area contributed by atoms with Crippen LogP contribution in [0.3, 0.4) is 0 Å². The van der Waals surface area contributed by atoms with Crippen molar-refractivity contribution in [2.24, 2.45) is 0 Å². The van der Waals surface area contributed by atoms with E-state index in [2.05, 4.69) is 5.32 Å². The maximum Gasteiger partial charge on any atom is 0.261 e. The fourth-order valence-corrected chi connectivity index (χ4v) is 3.33. The van der Waals surface area contributed by atoms with Gasteiger partial charge in [-0.2, -0.15) is 0 Å². The molecule has 3 amide bonds. The van der Waals surface area contributed by atoms with Crippen molar-refractivity contribution in [2.75, 3.05) is 11.9 Å². The van der Waals surface area contributed by atoms with Gasteiger partial charge in [0.05, 0.1) is 16.8 Å². The van der Waals surface area contributed by atoms with Gasteiger partial charge in [0, 0.05) is 13.0 Å². The minimum Gasteiger partial charge on any atom is -0.455 e. The molecule has 0 atom stereocenters. The van der Waals surface area contributed by atoms with Crippen molar-refractivity contribution >= 4 is 23.4 Å². The number of nitrogens with one attached hydrogen (secondary N) is 1. The lowest BCUT2D eigenvalue weighted by molar-refractivity contribution is -0.116. The Morgan fingerprint density at radius 2 is 1.57 bits per heavy atom. The van der Waals surface area contributed by atoms with Crippen molar-refractivity contribution in [3.63, 3.8) is 0 Å². The van der Waals surface area contributed by atoms with E-state index in [0.717, 1.165) is 10.5 Å². The fraction of sp³-hybridized carbons (Fsp3) is 0.125. The number of fused-ring (bicyclic) bond motifs is 1. The van der Waals surface area contributed by atoms with E-state index < -0.39 is 0 Å². The average Bonchev–Trinajstić information content (AvgIpc) is 2.98. The number of ether oxygens (including phenoxy) is 1. The number of hydrogen-bond donors (Lipinski definition) is 1. The van der Waals surface area contributed by atoms with E-state index in [1.165, 1.54) is 0 Å². The van der Waals surface area contributed by atoms with Gasteiger partial charge in [0.15, 0.2) is 5.75 Å². The average molecular weight is 400 g/mol. The van der Waals surface area contributed by atoms with Gasteiger partial charge in [-0.15, -0.1) is 0 Å². The summed E-state index contributed by atoms with van der Waals surface area (Å²) in [7, 11) is 0. The van der Waals surface area contributed by atoms with Gasteiger partial charge in [-0.3, -0.25) is 19.3 Å². The number of carbonyl (C=O) groups is 3. The molecule has 1 aliphatic heterocycles. The third-order valence-electron chi connectivity index (χ3n) is 4.82. The minimum atomic E-state index is -0.369. The lowest BCUT2D eigenvalue weighted by atomic mass is 10.1. The molecule has 6 nitrogen and oxygen atoms in total. The highest BCUT2D eigenvalue weighted by Crippen LogP contribution is 2.30. The Bertz CT molecular complexity index is 1100. The number of para-hydroxylation sites is 2. The third-order valence-corrected chi connectivity index (χ3v) is 4.82. The van der Waals surface area contributed by atoms with Crippen LogP contribution in [-0.2, 0) is 4.79 Å². The summed E-state index contributed by atoms with van der Waals surface area (Å²) < 4.78 is 5.91. The van der Waals surface area contributed by atoms with Crippen LogP contribution in [0.4, 0.5) is 5.69 Å². The molecule has 0 aromatic heterocycles. The van der Waals surface area contributed by atoms with Crippen LogP contribution in [0.2, 0.25) is 0 Å². The number of nitrogens with zero attached hydrogens (tertiary/aromatic N) is 1. The van der Waals surface area contributed by atoms with Crippen LogP contribution in [0, 0.1) is 6.92 Å². The van der Waals surface area contributed by atoms with Gasteiger partial charge in [-0.1, -0.05) is 36.4 Å². The molecule has 1 heterocycles. The van der Waals surface area contributed by atoms with Gasteiger partial charge >= 0.3 is 0 Å². The molecule has 1 aliphatic rings. The Morgan fingerprint density at radius 3 is 2.27 bits per heavy atom. The highest BCUT2D eigenvalue weighted by molar-refractivity contribution is 6.21. The first-order valence-corrected chi connectivity index (χ1v) is 9.61. The van der Waals surface area contributed by atoms with Gasteiger partial charge in [0.25, 0.3) is 11.8 Å². The summed E-state index contributed by atoms with van der Waals surface area (Å²) in [5.74, 6) is 0.130. The predicted molar refractivity (Wildman–Crippen MR) is 113 cm³/mol. The summed E-state index contributed by atoms with van der Waals surface area (Å²) in [5.41, 5.74) is 2.33. The molecule has 0 fully saturated rings. The summed E-state index contributed by atoms with van der Waals surface area (Å²) in [4.78, 5) is 38.4. The summed E-state index contributed by atoms with van der Waals surface area (Å²) in [5, 5.41) is 2.81. The zero-order valence-corrected chi connectivity index (χ0v) is 16.4. The van der Waals surface area contributed by atoms with E-state index >= 15 is 0 Å². The van der Waals surface area contributed by atoms with Gasteiger partial charge in [0.1, 0.15) is 5.75 Å². The topological polar surface area (TPSA) is 75.7 Å². The fourth-order valence-electron chi connectivity index (χ4n) is 3.33. The predicted octanol–water partition coefficient (Wildman–Crippen LogP) is 4.41. The molecule has 0 unspecified atom stereocenters. The monoisotopic (exact) mass is 400 g/mol. The Morgan fingerprint density at radius 1 is 0.900 bits per heavy atom. The van der Waals surface area contributed by atoms with Gasteiger partial charge < -0.3 is 10.1 Å². The van der Waals surface area contributed by atoms with E-state index in [1.54, 1.807) is 42.5 Å². The maximum atomic E-state index is 12.5. The number of benzene rings is 3. The highest BCUT2D eigenvalue weighted by Gasteiger charge is 2.34. The number of anilines is 1. The number of hydrogen-bond acceptors (Lipinski definition) is 4. The first-order valence-electron chi connectivity index (χ1n) is 9.61. The quantitative estimate of drug-likeness (QED) is 0.622. The standard InChI is InChI=1S/C24H20N2O4/c1-16-7-6-8-17(15-16)30-21-12-5-4-11-20(21)25-22(27)13-14-26-23(28)18-9-2-3-10-19(18)24(26)29/h2-12,15H,13-14H2,1H3,(H,25,27). The lowest BCUT2D eigenvalue weighted by Gasteiger charge is -2.15. The van der Waals surface area contributed by atoms with E-state index in [9.17, 15) is 14.4 Å². The van der Waals surface area contributed by atoms with Crippen LogP contribution in [0.15, 0.2) is 72.8 Å². The van der Waals surface area contributed by atoms with Gasteiger partial charge in [-0.05, 0) is 48.9 Å². The smallest absolute Gasteiger partial charge is 0.261 e. The molecule has 1 N–H and O–H groups in total. The summed E-state index contributed by atoms with van der Waals surface area (Å²) in [6.45, 7) is 1.98. The van der Waals surface area contributed by atoms with Gasteiger partial charge in [0.2, 0.25) is 5.91 Å². The number of carbonyl (C=O) groups excluding carboxylic acids is 3. The van der Waals surface area contributed by atoms with Crippen LogP contribution in [-0.4, -0.2) is 29.2 Å². The Kier molecular flexibility index (Phi) is 5.30. The molecule has 0 saturated heterocycles. The first kappa shape index (κ1) is 19.4. The zero-order valence-electron chi connectivity index (χ0n) is 16.4. The maximum absolute atomic E-state index is 12.5. The minimum absolute atomic E-state index is 0.00967.